The number of benzene rings is 1. The van der Waals surface area contributed by atoms with Crippen molar-refractivity contribution in [3.8, 4) is 11.3 Å². The lowest BCUT2D eigenvalue weighted by Gasteiger charge is -2.11. The molecule has 0 bridgehead atoms. The Morgan fingerprint density at radius 1 is 1.18 bits per heavy atom. The summed E-state index contributed by atoms with van der Waals surface area (Å²) in [7, 11) is 1.10. The Balaban J connectivity index is 2.64. The number of halogens is 3. The zero-order chi connectivity index (χ0) is 16.4. The summed E-state index contributed by atoms with van der Waals surface area (Å²) < 4.78 is 46.4. The molecular formula is C15H12F3NO3. The van der Waals surface area contributed by atoms with Crippen LogP contribution in [0.5, 0.6) is 0 Å². The van der Waals surface area contributed by atoms with E-state index in [1.807, 2.05) is 0 Å². The maximum Gasteiger partial charge on any atom is 0.356 e. The third kappa shape index (κ3) is 2.94. The van der Waals surface area contributed by atoms with Crippen LogP contribution in [0.2, 0.25) is 0 Å². The molecule has 1 atom stereocenters. The number of aliphatic hydroxyl groups excluding tert-OH is 1. The maximum atomic E-state index is 14.1. The molecule has 7 heteroatoms. The Labute approximate surface area is 124 Å². The van der Waals surface area contributed by atoms with Gasteiger partial charge in [0.25, 0.3) is 0 Å². The molecule has 4 nitrogen and oxygen atoms in total. The largest absolute Gasteiger partial charge is 0.464 e. The highest BCUT2D eigenvalue weighted by Gasteiger charge is 2.21. The third-order valence-electron chi connectivity index (χ3n) is 3.02. The van der Waals surface area contributed by atoms with Gasteiger partial charge in [0.05, 0.1) is 18.8 Å². The van der Waals surface area contributed by atoms with Gasteiger partial charge in [0.15, 0.2) is 0 Å². The Kier molecular flexibility index (Phi) is 4.46. The Hall–Kier alpha value is -2.41. The highest BCUT2D eigenvalue weighted by atomic mass is 19.1. The van der Waals surface area contributed by atoms with Crippen LogP contribution in [0.25, 0.3) is 11.3 Å². The smallest absolute Gasteiger partial charge is 0.356 e. The quantitative estimate of drug-likeness (QED) is 0.885. The second kappa shape index (κ2) is 6.15. The van der Waals surface area contributed by atoms with Crippen molar-refractivity contribution in [1.82, 2.24) is 4.98 Å². The minimum atomic E-state index is -1.09. The van der Waals surface area contributed by atoms with Crippen molar-refractivity contribution >= 4 is 5.97 Å². The Morgan fingerprint density at radius 3 is 2.27 bits per heavy atom. The van der Waals surface area contributed by atoms with E-state index >= 15 is 0 Å². The van der Waals surface area contributed by atoms with Gasteiger partial charge in [-0.25, -0.2) is 22.9 Å². The van der Waals surface area contributed by atoms with Crippen LogP contribution >= 0.6 is 0 Å². The van der Waals surface area contributed by atoms with E-state index in [0.717, 1.165) is 31.4 Å². The number of aliphatic hydroxyl groups is 1. The average molecular weight is 311 g/mol. The van der Waals surface area contributed by atoms with Crippen molar-refractivity contribution in [3.05, 3.63) is 53.0 Å². The predicted octanol–water partition coefficient (Wildman–Crippen LogP) is 3.01. The average Bonchev–Trinajstić information content (AvgIpc) is 2.47. The minimum absolute atomic E-state index is 0.00304. The Morgan fingerprint density at radius 2 is 1.77 bits per heavy atom. The number of ether oxygens (including phenoxy) is 1. The number of hydrogen-bond acceptors (Lipinski definition) is 4. The van der Waals surface area contributed by atoms with Gasteiger partial charge in [-0.15, -0.1) is 0 Å². The van der Waals surface area contributed by atoms with Crippen LogP contribution in [0.4, 0.5) is 13.2 Å². The molecule has 1 unspecified atom stereocenters. The molecule has 0 spiro atoms. The number of carbonyl (C=O) groups excluding carboxylic acids is 1. The summed E-state index contributed by atoms with van der Waals surface area (Å²) in [5.41, 5.74) is -1.64. The summed E-state index contributed by atoms with van der Waals surface area (Å²) in [6, 6.07) is 3.69. The van der Waals surface area contributed by atoms with E-state index in [1.165, 1.54) is 6.92 Å². The molecule has 2 aromatic rings. The lowest BCUT2D eigenvalue weighted by Crippen LogP contribution is -2.07. The van der Waals surface area contributed by atoms with E-state index in [-0.39, 0.29) is 11.3 Å². The van der Waals surface area contributed by atoms with Gasteiger partial charge in [-0.05, 0) is 36.8 Å². The summed E-state index contributed by atoms with van der Waals surface area (Å²) in [4.78, 5) is 15.0. The monoisotopic (exact) mass is 311 g/mol. The molecule has 0 saturated heterocycles. The number of esters is 1. The van der Waals surface area contributed by atoms with Crippen molar-refractivity contribution in [2.24, 2.45) is 0 Å². The van der Waals surface area contributed by atoms with Crippen molar-refractivity contribution in [3.63, 3.8) is 0 Å². The standard InChI is InChI=1S/C15H12F3NO3/c1-7(20)8-5-10(17)13(11(18)6-8)14-9(16)3-4-12(19-14)15(21)22-2/h3-7,20H,1-2H3. The molecule has 22 heavy (non-hydrogen) atoms. The molecule has 116 valence electrons. The molecule has 1 N–H and O–H groups in total. The van der Waals surface area contributed by atoms with Gasteiger partial charge in [0, 0.05) is 0 Å². The number of methoxy groups -OCH3 is 1. The van der Waals surface area contributed by atoms with Crippen molar-refractivity contribution in [2.75, 3.05) is 7.11 Å². The molecule has 0 aliphatic heterocycles. The second-order valence-corrected chi connectivity index (χ2v) is 4.55. The van der Waals surface area contributed by atoms with Gasteiger partial charge in [-0.3, -0.25) is 0 Å². The highest BCUT2D eigenvalue weighted by molar-refractivity contribution is 5.87. The van der Waals surface area contributed by atoms with Gasteiger partial charge < -0.3 is 9.84 Å². The number of aromatic nitrogens is 1. The minimum Gasteiger partial charge on any atom is -0.464 e. The van der Waals surface area contributed by atoms with E-state index in [2.05, 4.69) is 9.72 Å². The number of rotatable bonds is 3. The zero-order valence-electron chi connectivity index (χ0n) is 11.7. The molecule has 1 heterocycles. The van der Waals surface area contributed by atoms with Crippen molar-refractivity contribution < 1.29 is 27.8 Å². The van der Waals surface area contributed by atoms with Gasteiger partial charge >= 0.3 is 5.97 Å². The fraction of sp³-hybridized carbons (Fsp3) is 0.200. The molecule has 0 aliphatic carbocycles. The number of hydrogen-bond donors (Lipinski definition) is 1. The first-order valence-corrected chi connectivity index (χ1v) is 6.27. The van der Waals surface area contributed by atoms with Crippen molar-refractivity contribution in [1.29, 1.82) is 0 Å². The first kappa shape index (κ1) is 16.0. The summed E-state index contributed by atoms with van der Waals surface area (Å²) >= 11 is 0. The van der Waals surface area contributed by atoms with Crippen LogP contribution < -0.4 is 0 Å². The van der Waals surface area contributed by atoms with Crippen LogP contribution in [-0.4, -0.2) is 23.2 Å². The fourth-order valence-corrected chi connectivity index (χ4v) is 1.90. The van der Waals surface area contributed by atoms with Crippen LogP contribution in [0.3, 0.4) is 0 Å². The molecule has 2 rings (SSSR count). The van der Waals surface area contributed by atoms with E-state index in [1.54, 1.807) is 0 Å². The highest BCUT2D eigenvalue weighted by Crippen LogP contribution is 2.29. The fourth-order valence-electron chi connectivity index (χ4n) is 1.90. The zero-order valence-corrected chi connectivity index (χ0v) is 11.7. The molecular weight excluding hydrogens is 299 g/mol. The molecule has 0 fully saturated rings. The van der Waals surface area contributed by atoms with E-state index in [0.29, 0.717) is 0 Å². The molecule has 0 amide bonds. The summed E-state index contributed by atoms with van der Waals surface area (Å²) in [6.07, 6.45) is -1.09. The molecule has 0 aliphatic rings. The number of pyridine rings is 1. The van der Waals surface area contributed by atoms with E-state index in [4.69, 9.17) is 0 Å². The summed E-state index contributed by atoms with van der Waals surface area (Å²) in [6.45, 7) is 1.34. The van der Waals surface area contributed by atoms with Gasteiger partial charge in [0.1, 0.15) is 28.8 Å². The first-order valence-electron chi connectivity index (χ1n) is 6.27. The summed E-state index contributed by atoms with van der Waals surface area (Å²) in [5.74, 6) is -4.04. The molecule has 0 radical (unpaired) electrons. The third-order valence-corrected chi connectivity index (χ3v) is 3.02. The summed E-state index contributed by atoms with van der Waals surface area (Å²) in [5, 5.41) is 9.35. The lowest BCUT2D eigenvalue weighted by atomic mass is 10.0. The maximum absolute atomic E-state index is 14.1. The topological polar surface area (TPSA) is 59.4 Å². The van der Waals surface area contributed by atoms with Gasteiger partial charge in [0.2, 0.25) is 0 Å². The van der Waals surface area contributed by atoms with Crippen LogP contribution in [0.15, 0.2) is 24.3 Å². The predicted molar refractivity (Wildman–Crippen MR) is 71.5 cm³/mol. The molecule has 1 aromatic carbocycles. The normalized spacial score (nSPS) is 12.1. The van der Waals surface area contributed by atoms with Crippen LogP contribution in [0.1, 0.15) is 29.1 Å². The van der Waals surface area contributed by atoms with Crippen LogP contribution in [0, 0.1) is 17.5 Å². The second-order valence-electron chi connectivity index (χ2n) is 4.55. The van der Waals surface area contributed by atoms with Crippen molar-refractivity contribution in [2.45, 2.75) is 13.0 Å². The van der Waals surface area contributed by atoms with E-state index in [9.17, 15) is 23.1 Å². The number of nitrogens with zero attached hydrogens (tertiary/aromatic N) is 1. The first-order chi connectivity index (χ1) is 10.3. The molecule has 0 saturated carbocycles. The van der Waals surface area contributed by atoms with Crippen LogP contribution in [-0.2, 0) is 4.74 Å². The van der Waals surface area contributed by atoms with Gasteiger partial charge in [-0.2, -0.15) is 0 Å². The Bertz CT molecular complexity index is 709. The number of carbonyl (C=O) groups is 1. The van der Waals surface area contributed by atoms with Gasteiger partial charge in [-0.1, -0.05) is 0 Å². The molecule has 1 aromatic heterocycles. The lowest BCUT2D eigenvalue weighted by molar-refractivity contribution is 0.0594. The van der Waals surface area contributed by atoms with E-state index < -0.39 is 40.8 Å². The SMILES string of the molecule is COC(=O)c1ccc(F)c(-c2c(F)cc(C(C)O)cc2F)n1.